The minimum Gasteiger partial charge on any atom is -0.458 e. The fourth-order valence-corrected chi connectivity index (χ4v) is 3.62. The van der Waals surface area contributed by atoms with Crippen molar-refractivity contribution in [3.63, 3.8) is 0 Å². The Bertz CT molecular complexity index is 935. The van der Waals surface area contributed by atoms with Crippen LogP contribution in [0.4, 0.5) is 4.79 Å². The molecule has 0 saturated carbocycles. The SMILES string of the molecule is CC(C)[C@H](NC(=O)N[C@H](C(=O)OC(C)(C)C)C(C)C)C(=O)N[C@H]1/C=C/CCNC(=O)/C=C/[C@H](C(C)C)NC1=O. The predicted octanol–water partition coefficient (Wildman–Crippen LogP) is 1.93. The quantitative estimate of drug-likeness (QED) is 0.230. The topological polar surface area (TPSA) is 155 Å². The summed E-state index contributed by atoms with van der Waals surface area (Å²) >= 11 is 0. The first-order valence-corrected chi connectivity index (χ1v) is 13.5. The second-order valence-corrected chi connectivity index (χ2v) is 11.7. The van der Waals surface area contributed by atoms with Crippen molar-refractivity contribution in [3.05, 3.63) is 24.3 Å². The minimum atomic E-state index is -1.00. The number of urea groups is 1. The van der Waals surface area contributed by atoms with E-state index >= 15 is 0 Å². The molecule has 11 heteroatoms. The molecule has 4 atom stereocenters. The summed E-state index contributed by atoms with van der Waals surface area (Å²) in [7, 11) is 0. The van der Waals surface area contributed by atoms with Gasteiger partial charge >= 0.3 is 12.0 Å². The molecule has 5 amide bonds. The molecule has 1 aliphatic rings. The lowest BCUT2D eigenvalue weighted by atomic mass is 10.0. The first-order valence-electron chi connectivity index (χ1n) is 13.5. The highest BCUT2D eigenvalue weighted by Gasteiger charge is 2.32. The first-order chi connectivity index (χ1) is 18.0. The van der Waals surface area contributed by atoms with E-state index in [-0.39, 0.29) is 23.7 Å². The van der Waals surface area contributed by atoms with E-state index in [4.69, 9.17) is 4.74 Å². The van der Waals surface area contributed by atoms with E-state index in [1.807, 2.05) is 13.8 Å². The highest BCUT2D eigenvalue weighted by atomic mass is 16.6. The van der Waals surface area contributed by atoms with Crippen molar-refractivity contribution in [1.29, 1.82) is 0 Å². The highest BCUT2D eigenvalue weighted by Crippen LogP contribution is 2.13. The molecule has 0 radical (unpaired) electrons. The Morgan fingerprint density at radius 3 is 2.08 bits per heavy atom. The molecule has 220 valence electrons. The van der Waals surface area contributed by atoms with Crippen LogP contribution in [0.15, 0.2) is 24.3 Å². The van der Waals surface area contributed by atoms with Crippen molar-refractivity contribution >= 4 is 29.7 Å². The number of nitrogens with one attached hydrogen (secondary N) is 5. The van der Waals surface area contributed by atoms with Crippen LogP contribution in [0.5, 0.6) is 0 Å². The fraction of sp³-hybridized carbons (Fsp3) is 0.679. The highest BCUT2D eigenvalue weighted by molar-refractivity contribution is 5.94. The summed E-state index contributed by atoms with van der Waals surface area (Å²) in [6.07, 6.45) is 6.75. The van der Waals surface area contributed by atoms with E-state index in [0.29, 0.717) is 13.0 Å². The van der Waals surface area contributed by atoms with Crippen molar-refractivity contribution in [2.45, 2.75) is 98.5 Å². The van der Waals surface area contributed by atoms with Crippen LogP contribution in [-0.4, -0.2) is 66.0 Å². The molecule has 11 nitrogen and oxygen atoms in total. The van der Waals surface area contributed by atoms with Gasteiger partial charge in [-0.15, -0.1) is 0 Å². The number of amides is 5. The number of hydrogen-bond acceptors (Lipinski definition) is 6. The average molecular weight is 550 g/mol. The number of carbonyl (C=O) groups is 5. The molecular weight excluding hydrogens is 502 g/mol. The monoisotopic (exact) mass is 549 g/mol. The zero-order valence-electron chi connectivity index (χ0n) is 24.7. The standard InChI is InChI=1S/C28H47N5O6/c1-16(2)19-13-14-21(34)29-15-11-10-12-20(24(35)30-19)31-25(36)22(17(3)4)32-27(38)33-23(18(5)6)26(37)39-28(7,8)9/h10,12-14,16-20,22-23H,11,15H2,1-9H3,(H,29,34)(H,30,35)(H,31,36)(H2,32,33,38)/b12-10+,14-13+/t19-,20+,22+,23+/m1/s1. The fourth-order valence-electron chi connectivity index (χ4n) is 3.62. The first kappa shape index (κ1) is 33.7. The maximum Gasteiger partial charge on any atom is 0.329 e. The molecule has 5 N–H and O–H groups in total. The molecule has 0 aromatic rings. The number of ether oxygens (including phenoxy) is 1. The van der Waals surface area contributed by atoms with Gasteiger partial charge in [-0.05, 0) is 44.9 Å². The minimum absolute atomic E-state index is 0.00563. The van der Waals surface area contributed by atoms with Crippen LogP contribution >= 0.6 is 0 Å². The number of esters is 1. The number of hydrogen-bond donors (Lipinski definition) is 5. The van der Waals surface area contributed by atoms with Crippen molar-refractivity contribution in [2.75, 3.05) is 6.54 Å². The van der Waals surface area contributed by atoms with Gasteiger partial charge in [-0.1, -0.05) is 59.8 Å². The van der Waals surface area contributed by atoms with Crippen LogP contribution < -0.4 is 26.6 Å². The van der Waals surface area contributed by atoms with Gasteiger partial charge < -0.3 is 31.3 Å². The second-order valence-electron chi connectivity index (χ2n) is 11.7. The van der Waals surface area contributed by atoms with E-state index < -0.39 is 53.6 Å². The van der Waals surface area contributed by atoms with E-state index in [9.17, 15) is 24.0 Å². The average Bonchev–Trinajstić information content (AvgIpc) is 2.79. The lowest BCUT2D eigenvalue weighted by Gasteiger charge is -2.28. The maximum atomic E-state index is 13.3. The summed E-state index contributed by atoms with van der Waals surface area (Å²) in [5.74, 6) is -2.40. The van der Waals surface area contributed by atoms with Crippen molar-refractivity contribution in [1.82, 2.24) is 26.6 Å². The molecular formula is C28H47N5O6. The summed E-state index contributed by atoms with van der Waals surface area (Å²) in [6, 6.07) is -4.03. The number of rotatable bonds is 8. The molecule has 0 aromatic carbocycles. The molecule has 0 aromatic heterocycles. The molecule has 0 bridgehead atoms. The number of carbonyl (C=O) groups excluding carboxylic acids is 5. The summed E-state index contributed by atoms with van der Waals surface area (Å²) < 4.78 is 5.42. The molecule has 0 aliphatic carbocycles. The third-order valence-corrected chi connectivity index (χ3v) is 5.85. The Balaban J connectivity index is 3.03. The van der Waals surface area contributed by atoms with Crippen LogP contribution in [0.25, 0.3) is 0 Å². The van der Waals surface area contributed by atoms with Crippen molar-refractivity contribution in [2.24, 2.45) is 17.8 Å². The Morgan fingerprint density at radius 2 is 1.54 bits per heavy atom. The van der Waals surface area contributed by atoms with E-state index in [1.165, 1.54) is 6.08 Å². The van der Waals surface area contributed by atoms with E-state index in [0.717, 1.165) is 0 Å². The Morgan fingerprint density at radius 1 is 0.949 bits per heavy atom. The van der Waals surface area contributed by atoms with Gasteiger partial charge in [0.15, 0.2) is 0 Å². The van der Waals surface area contributed by atoms with E-state index in [2.05, 4.69) is 26.6 Å². The molecule has 39 heavy (non-hydrogen) atoms. The van der Waals surface area contributed by atoms with Crippen LogP contribution in [0.1, 0.15) is 68.7 Å². The maximum absolute atomic E-state index is 13.3. The van der Waals surface area contributed by atoms with Crippen molar-refractivity contribution in [3.8, 4) is 0 Å². The van der Waals surface area contributed by atoms with Gasteiger partial charge in [0.05, 0.1) is 0 Å². The Hall–Kier alpha value is -3.37. The normalized spacial score (nSPS) is 21.9. The summed E-state index contributed by atoms with van der Waals surface area (Å²) in [5.41, 5.74) is -0.722. The van der Waals surface area contributed by atoms with Crippen LogP contribution in [0.3, 0.4) is 0 Å². The molecule has 1 aliphatic heterocycles. The summed E-state index contributed by atoms with van der Waals surface area (Å²) in [4.78, 5) is 63.8. The third kappa shape index (κ3) is 12.4. The van der Waals surface area contributed by atoms with E-state index in [1.54, 1.807) is 66.7 Å². The molecule has 0 fully saturated rings. The van der Waals surface area contributed by atoms with Gasteiger partial charge in [-0.2, -0.15) is 0 Å². The second kappa shape index (κ2) is 15.3. The predicted molar refractivity (Wildman–Crippen MR) is 149 cm³/mol. The molecule has 0 unspecified atom stereocenters. The van der Waals surface area contributed by atoms with Gasteiger partial charge in [-0.25, -0.2) is 9.59 Å². The molecule has 0 spiro atoms. The Labute approximate surface area is 232 Å². The van der Waals surface area contributed by atoms with Gasteiger partial charge in [0.25, 0.3) is 0 Å². The zero-order valence-corrected chi connectivity index (χ0v) is 24.7. The lowest BCUT2D eigenvalue weighted by molar-refractivity contribution is -0.158. The lowest BCUT2D eigenvalue weighted by Crippen LogP contribution is -2.59. The smallest absolute Gasteiger partial charge is 0.329 e. The van der Waals surface area contributed by atoms with Gasteiger partial charge in [0, 0.05) is 18.7 Å². The van der Waals surface area contributed by atoms with Crippen LogP contribution in [-0.2, 0) is 23.9 Å². The van der Waals surface area contributed by atoms with Gasteiger partial charge in [0.2, 0.25) is 17.7 Å². The Kier molecular flexibility index (Phi) is 13.2. The third-order valence-electron chi connectivity index (χ3n) is 5.85. The molecule has 1 rings (SSSR count). The molecule has 0 saturated heterocycles. The van der Waals surface area contributed by atoms with Gasteiger partial charge in [0.1, 0.15) is 23.7 Å². The zero-order chi connectivity index (χ0) is 29.9. The summed E-state index contributed by atoms with van der Waals surface area (Å²) in [5, 5.41) is 13.6. The van der Waals surface area contributed by atoms with Crippen LogP contribution in [0.2, 0.25) is 0 Å². The largest absolute Gasteiger partial charge is 0.458 e. The van der Waals surface area contributed by atoms with Crippen molar-refractivity contribution < 1.29 is 28.7 Å². The molecule has 1 heterocycles. The van der Waals surface area contributed by atoms with Gasteiger partial charge in [-0.3, -0.25) is 14.4 Å². The summed E-state index contributed by atoms with van der Waals surface area (Å²) in [6.45, 7) is 16.5. The van der Waals surface area contributed by atoms with Crippen LogP contribution in [0, 0.1) is 17.8 Å².